The van der Waals surface area contributed by atoms with Gasteiger partial charge in [-0.3, -0.25) is 4.79 Å². The molecule has 0 saturated heterocycles. The molecule has 0 amide bonds. The molecule has 2 nitrogen and oxygen atoms in total. The van der Waals surface area contributed by atoms with Crippen molar-refractivity contribution in [3.05, 3.63) is 96.1 Å². The molecule has 0 unspecified atom stereocenters. The van der Waals surface area contributed by atoms with Gasteiger partial charge in [-0.1, -0.05) is 48.2 Å². The highest BCUT2D eigenvalue weighted by Gasteiger charge is 2.02. The van der Waals surface area contributed by atoms with Gasteiger partial charge in [0.1, 0.15) is 5.75 Å². The van der Waals surface area contributed by atoms with Gasteiger partial charge in [-0.05, 0) is 60.2 Å². The summed E-state index contributed by atoms with van der Waals surface area (Å²) in [6.07, 6.45) is 3.44. The van der Waals surface area contributed by atoms with Crippen molar-refractivity contribution in [2.45, 2.75) is 9.79 Å². The molecule has 0 atom stereocenters. The van der Waals surface area contributed by atoms with Crippen LogP contribution in [0.2, 0.25) is 0 Å². The van der Waals surface area contributed by atoms with E-state index in [2.05, 4.69) is 24.3 Å². The Bertz CT molecular complexity index is 851. The van der Waals surface area contributed by atoms with Gasteiger partial charge in [0.25, 0.3) is 0 Å². The number of carbonyl (C=O) groups excluding carboxylic acids is 1. The zero-order valence-corrected chi connectivity index (χ0v) is 14.7. The van der Waals surface area contributed by atoms with Gasteiger partial charge in [0, 0.05) is 15.4 Å². The summed E-state index contributed by atoms with van der Waals surface area (Å²) in [5, 5.41) is 0. The summed E-state index contributed by atoms with van der Waals surface area (Å²) in [4.78, 5) is 14.6. The van der Waals surface area contributed by atoms with Crippen LogP contribution >= 0.6 is 11.8 Å². The van der Waals surface area contributed by atoms with Crippen molar-refractivity contribution < 1.29 is 9.53 Å². The second-order valence-electron chi connectivity index (χ2n) is 5.41. The van der Waals surface area contributed by atoms with Gasteiger partial charge in [0.15, 0.2) is 5.78 Å². The molecule has 3 aromatic carbocycles. The zero-order valence-electron chi connectivity index (χ0n) is 13.9. The highest BCUT2D eigenvalue weighted by Crippen LogP contribution is 2.27. The third-order valence-corrected chi connectivity index (χ3v) is 4.68. The maximum atomic E-state index is 12.2. The summed E-state index contributed by atoms with van der Waals surface area (Å²) in [6, 6.07) is 25.5. The van der Waals surface area contributed by atoms with Crippen LogP contribution in [0.3, 0.4) is 0 Å². The van der Waals surface area contributed by atoms with E-state index in [1.54, 1.807) is 49.2 Å². The monoisotopic (exact) mass is 346 g/mol. The Hall–Kier alpha value is -2.78. The average Bonchev–Trinajstić information content (AvgIpc) is 2.68. The molecule has 0 fully saturated rings. The van der Waals surface area contributed by atoms with Crippen molar-refractivity contribution in [1.82, 2.24) is 0 Å². The molecule has 0 spiro atoms. The minimum Gasteiger partial charge on any atom is -0.497 e. The Kier molecular flexibility index (Phi) is 5.70. The number of rotatable bonds is 6. The second kappa shape index (κ2) is 8.36. The van der Waals surface area contributed by atoms with Gasteiger partial charge in [-0.25, -0.2) is 0 Å². The number of hydrogen-bond donors (Lipinski definition) is 0. The van der Waals surface area contributed by atoms with E-state index in [0.717, 1.165) is 11.3 Å². The fraction of sp³-hybridized carbons (Fsp3) is 0.0455. The van der Waals surface area contributed by atoms with E-state index < -0.39 is 0 Å². The fourth-order valence-corrected chi connectivity index (χ4v) is 3.13. The van der Waals surface area contributed by atoms with Crippen molar-refractivity contribution in [3.63, 3.8) is 0 Å². The molecule has 0 aliphatic carbocycles. The maximum Gasteiger partial charge on any atom is 0.185 e. The lowest BCUT2D eigenvalue weighted by atomic mass is 10.1. The summed E-state index contributed by atoms with van der Waals surface area (Å²) in [6.45, 7) is 0. The van der Waals surface area contributed by atoms with Crippen molar-refractivity contribution in [3.8, 4) is 5.75 Å². The molecule has 3 aromatic rings. The average molecular weight is 346 g/mol. The summed E-state index contributed by atoms with van der Waals surface area (Å²) < 4.78 is 5.10. The first-order valence-electron chi connectivity index (χ1n) is 7.94. The predicted molar refractivity (Wildman–Crippen MR) is 103 cm³/mol. The first-order valence-corrected chi connectivity index (χ1v) is 8.76. The van der Waals surface area contributed by atoms with Crippen molar-refractivity contribution in [2.75, 3.05) is 7.11 Å². The number of ketones is 1. The van der Waals surface area contributed by atoms with Gasteiger partial charge >= 0.3 is 0 Å². The molecule has 0 heterocycles. The first kappa shape index (κ1) is 17.1. The van der Waals surface area contributed by atoms with Crippen LogP contribution < -0.4 is 4.74 Å². The highest BCUT2D eigenvalue weighted by molar-refractivity contribution is 7.99. The number of benzene rings is 3. The van der Waals surface area contributed by atoms with E-state index in [4.69, 9.17) is 4.74 Å². The quantitative estimate of drug-likeness (QED) is 0.420. The molecule has 0 bridgehead atoms. The maximum absolute atomic E-state index is 12.2. The Morgan fingerprint density at radius 1 is 0.840 bits per heavy atom. The normalized spacial score (nSPS) is 10.8. The van der Waals surface area contributed by atoms with E-state index in [0.29, 0.717) is 5.56 Å². The molecule has 0 saturated carbocycles. The van der Waals surface area contributed by atoms with Crippen molar-refractivity contribution in [2.24, 2.45) is 0 Å². The largest absolute Gasteiger partial charge is 0.497 e. The molecule has 3 heteroatoms. The van der Waals surface area contributed by atoms with E-state index >= 15 is 0 Å². The summed E-state index contributed by atoms with van der Waals surface area (Å²) in [5.41, 5.74) is 1.65. The topological polar surface area (TPSA) is 26.3 Å². The van der Waals surface area contributed by atoms with Crippen molar-refractivity contribution >= 4 is 23.6 Å². The molecule has 0 radical (unpaired) electrons. The van der Waals surface area contributed by atoms with Crippen LogP contribution in [0.4, 0.5) is 0 Å². The van der Waals surface area contributed by atoms with Crippen LogP contribution in [0.15, 0.2) is 94.7 Å². The van der Waals surface area contributed by atoms with Gasteiger partial charge in [-0.15, -0.1) is 0 Å². The smallest absolute Gasteiger partial charge is 0.185 e. The highest BCUT2D eigenvalue weighted by atomic mass is 32.2. The number of hydrogen-bond acceptors (Lipinski definition) is 3. The minimum atomic E-state index is -0.0228. The Labute approximate surface area is 152 Å². The molecule has 25 heavy (non-hydrogen) atoms. The van der Waals surface area contributed by atoms with Gasteiger partial charge < -0.3 is 4.74 Å². The second-order valence-corrected chi connectivity index (χ2v) is 6.56. The fourth-order valence-electron chi connectivity index (χ4n) is 2.30. The third-order valence-electron chi connectivity index (χ3n) is 3.66. The van der Waals surface area contributed by atoms with Crippen LogP contribution in [0.1, 0.15) is 15.9 Å². The van der Waals surface area contributed by atoms with Gasteiger partial charge in [-0.2, -0.15) is 0 Å². The van der Waals surface area contributed by atoms with E-state index in [-0.39, 0.29) is 5.78 Å². The molecule has 0 aliphatic heterocycles. The molecule has 0 N–H and O–H groups in total. The molecule has 124 valence electrons. The number of methoxy groups -OCH3 is 1. The Morgan fingerprint density at radius 2 is 1.48 bits per heavy atom. The molecular formula is C22H18O2S. The summed E-state index contributed by atoms with van der Waals surface area (Å²) >= 11 is 1.72. The van der Waals surface area contributed by atoms with E-state index in [1.807, 2.05) is 36.4 Å². The van der Waals surface area contributed by atoms with Gasteiger partial charge in [0.05, 0.1) is 7.11 Å². The Balaban J connectivity index is 1.64. The third kappa shape index (κ3) is 4.85. The molecule has 0 aromatic heterocycles. The Morgan fingerprint density at radius 3 is 2.12 bits per heavy atom. The van der Waals surface area contributed by atoms with E-state index in [9.17, 15) is 4.79 Å². The summed E-state index contributed by atoms with van der Waals surface area (Å²) in [5.74, 6) is 0.720. The summed E-state index contributed by atoms with van der Waals surface area (Å²) in [7, 11) is 1.61. The first-order chi connectivity index (χ1) is 12.2. The number of carbonyl (C=O) groups is 1. The molecule has 0 aliphatic rings. The van der Waals surface area contributed by atoms with Crippen LogP contribution in [0, 0.1) is 0 Å². The number of ether oxygens (including phenoxy) is 1. The van der Waals surface area contributed by atoms with Crippen LogP contribution in [0.5, 0.6) is 5.75 Å². The lowest BCUT2D eigenvalue weighted by Gasteiger charge is -2.02. The van der Waals surface area contributed by atoms with Crippen molar-refractivity contribution in [1.29, 1.82) is 0 Å². The van der Waals surface area contributed by atoms with Crippen LogP contribution in [0.25, 0.3) is 6.08 Å². The van der Waals surface area contributed by atoms with Crippen LogP contribution in [-0.4, -0.2) is 12.9 Å². The zero-order chi connectivity index (χ0) is 17.5. The molecule has 3 rings (SSSR count). The minimum absolute atomic E-state index is 0.0228. The SMILES string of the molecule is COc1ccc(C(=O)C=Cc2ccc(Sc3ccccc3)cc2)cc1. The van der Waals surface area contributed by atoms with Gasteiger partial charge in [0.2, 0.25) is 0 Å². The molecular weight excluding hydrogens is 328 g/mol. The lowest BCUT2D eigenvalue weighted by molar-refractivity contribution is 0.104. The standard InChI is InChI=1S/C22H18O2S/c1-24-19-12-10-18(11-13-19)22(23)16-9-17-7-14-21(15-8-17)25-20-5-3-2-4-6-20/h2-16H,1H3. The predicted octanol–water partition coefficient (Wildman–Crippen LogP) is 5.74. The lowest BCUT2D eigenvalue weighted by Crippen LogP contribution is -1.94. The van der Waals surface area contributed by atoms with E-state index in [1.165, 1.54) is 9.79 Å². The number of allylic oxidation sites excluding steroid dienone is 1. The van der Waals surface area contributed by atoms with Crippen LogP contribution in [-0.2, 0) is 0 Å².